The summed E-state index contributed by atoms with van der Waals surface area (Å²) in [5, 5.41) is 12.7. The molecule has 0 saturated heterocycles. The summed E-state index contributed by atoms with van der Waals surface area (Å²) < 4.78 is 1.13. The molecule has 2 nitrogen and oxygen atoms in total. The molecule has 0 aliphatic carbocycles. The molecule has 2 aromatic rings. The first-order valence-electron chi connectivity index (χ1n) is 4.92. The van der Waals surface area contributed by atoms with Crippen LogP contribution in [0, 0.1) is 14.9 Å². The predicted octanol–water partition coefficient (Wildman–Crippen LogP) is 4.56. The van der Waals surface area contributed by atoms with Crippen LogP contribution in [0.15, 0.2) is 42.5 Å². The Hall–Kier alpha value is -1.25. The van der Waals surface area contributed by atoms with E-state index < -0.39 is 0 Å². The third-order valence-corrected chi connectivity index (χ3v) is 3.21. The molecule has 0 radical (unpaired) electrons. The minimum atomic E-state index is 0.461. The summed E-state index contributed by atoms with van der Waals surface area (Å²) >= 11 is 8.20. The molecular weight excluding hydrogens is 347 g/mol. The first-order chi connectivity index (χ1) is 8.20. The van der Waals surface area contributed by atoms with Gasteiger partial charge >= 0.3 is 0 Å². The lowest BCUT2D eigenvalue weighted by atomic mass is 10.2. The van der Waals surface area contributed by atoms with E-state index in [1.165, 1.54) is 0 Å². The van der Waals surface area contributed by atoms with E-state index in [1.54, 1.807) is 6.07 Å². The number of rotatable bonds is 2. The van der Waals surface area contributed by atoms with Gasteiger partial charge in [0, 0.05) is 9.26 Å². The first-order valence-corrected chi connectivity index (χ1v) is 6.37. The van der Waals surface area contributed by atoms with Gasteiger partial charge in [-0.25, -0.2) is 0 Å². The van der Waals surface area contributed by atoms with Crippen molar-refractivity contribution in [3.63, 3.8) is 0 Å². The Morgan fingerprint density at radius 3 is 2.65 bits per heavy atom. The zero-order chi connectivity index (χ0) is 12.3. The standard InChI is InChI=1S/C13H8ClIN2/c14-12-5-2-6-13(11(12)8-16)17-10-4-1-3-9(15)7-10/h1-7,17H. The second-order valence-electron chi connectivity index (χ2n) is 3.41. The summed E-state index contributed by atoms with van der Waals surface area (Å²) in [5.74, 6) is 0. The van der Waals surface area contributed by atoms with Crippen molar-refractivity contribution in [1.29, 1.82) is 5.26 Å². The maximum absolute atomic E-state index is 9.06. The van der Waals surface area contributed by atoms with Gasteiger partial charge in [0.2, 0.25) is 0 Å². The number of nitrogens with one attached hydrogen (secondary N) is 1. The molecule has 0 aliphatic rings. The van der Waals surface area contributed by atoms with E-state index >= 15 is 0 Å². The molecule has 1 N–H and O–H groups in total. The third kappa shape index (κ3) is 2.90. The number of hydrogen-bond acceptors (Lipinski definition) is 2. The van der Waals surface area contributed by atoms with Crippen LogP contribution in [0.1, 0.15) is 5.56 Å². The van der Waals surface area contributed by atoms with Gasteiger partial charge in [-0.15, -0.1) is 0 Å². The van der Waals surface area contributed by atoms with Gasteiger partial charge in [-0.1, -0.05) is 23.7 Å². The van der Waals surface area contributed by atoms with Gasteiger partial charge in [0.15, 0.2) is 0 Å². The number of nitriles is 1. The second-order valence-corrected chi connectivity index (χ2v) is 5.06. The van der Waals surface area contributed by atoms with Gasteiger partial charge in [0.25, 0.3) is 0 Å². The topological polar surface area (TPSA) is 35.8 Å². The smallest absolute Gasteiger partial charge is 0.103 e. The summed E-state index contributed by atoms with van der Waals surface area (Å²) in [4.78, 5) is 0. The highest BCUT2D eigenvalue weighted by Gasteiger charge is 2.06. The van der Waals surface area contributed by atoms with Crippen LogP contribution < -0.4 is 5.32 Å². The zero-order valence-corrected chi connectivity index (χ0v) is 11.7. The highest BCUT2D eigenvalue weighted by Crippen LogP contribution is 2.26. The van der Waals surface area contributed by atoms with Crippen molar-refractivity contribution in [1.82, 2.24) is 0 Å². The molecule has 2 rings (SSSR count). The SMILES string of the molecule is N#Cc1c(Cl)cccc1Nc1cccc(I)c1. The van der Waals surface area contributed by atoms with Gasteiger partial charge in [0.1, 0.15) is 6.07 Å². The van der Waals surface area contributed by atoms with Gasteiger partial charge in [0.05, 0.1) is 16.3 Å². The number of halogens is 2. The molecule has 0 saturated carbocycles. The van der Waals surface area contributed by atoms with Crippen LogP contribution in [0.3, 0.4) is 0 Å². The van der Waals surface area contributed by atoms with Crippen molar-refractivity contribution in [2.24, 2.45) is 0 Å². The Bertz CT molecular complexity index is 590. The highest BCUT2D eigenvalue weighted by atomic mass is 127. The lowest BCUT2D eigenvalue weighted by Gasteiger charge is -2.09. The van der Waals surface area contributed by atoms with Gasteiger partial charge < -0.3 is 5.32 Å². The van der Waals surface area contributed by atoms with E-state index in [4.69, 9.17) is 16.9 Å². The van der Waals surface area contributed by atoms with E-state index in [2.05, 4.69) is 34.0 Å². The summed E-state index contributed by atoms with van der Waals surface area (Å²) in [5.41, 5.74) is 2.13. The van der Waals surface area contributed by atoms with Crippen LogP contribution in [0.5, 0.6) is 0 Å². The Morgan fingerprint density at radius 2 is 1.94 bits per heavy atom. The Kier molecular flexibility index (Phi) is 3.87. The van der Waals surface area contributed by atoms with E-state index in [1.807, 2.05) is 36.4 Å². The van der Waals surface area contributed by atoms with Crippen LogP contribution in [0.4, 0.5) is 11.4 Å². The molecule has 0 spiro atoms. The van der Waals surface area contributed by atoms with E-state index in [-0.39, 0.29) is 0 Å². The van der Waals surface area contributed by atoms with Crippen LogP contribution in [-0.2, 0) is 0 Å². The normalized spacial score (nSPS) is 9.71. The van der Waals surface area contributed by atoms with Crippen molar-refractivity contribution in [3.05, 3.63) is 56.6 Å². The summed E-state index contributed by atoms with van der Waals surface area (Å²) in [6, 6.07) is 15.4. The average Bonchev–Trinajstić information content (AvgIpc) is 2.29. The van der Waals surface area contributed by atoms with Crippen LogP contribution >= 0.6 is 34.2 Å². The molecule has 0 unspecified atom stereocenters. The number of nitrogens with zero attached hydrogens (tertiary/aromatic N) is 1. The van der Waals surface area contributed by atoms with Gasteiger partial charge in [-0.2, -0.15) is 5.26 Å². The summed E-state index contributed by atoms with van der Waals surface area (Å²) in [6.07, 6.45) is 0. The molecule has 17 heavy (non-hydrogen) atoms. The van der Waals surface area contributed by atoms with E-state index in [0.717, 1.165) is 14.9 Å². The van der Waals surface area contributed by atoms with Crippen molar-refractivity contribution in [2.45, 2.75) is 0 Å². The minimum Gasteiger partial charge on any atom is -0.354 e. The molecule has 0 amide bonds. The summed E-state index contributed by atoms with van der Waals surface area (Å²) in [7, 11) is 0. The molecule has 2 aromatic carbocycles. The monoisotopic (exact) mass is 354 g/mol. The quantitative estimate of drug-likeness (QED) is 0.803. The molecular formula is C13H8ClIN2. The Labute approximate surface area is 118 Å². The maximum Gasteiger partial charge on any atom is 0.103 e. The van der Waals surface area contributed by atoms with Crippen molar-refractivity contribution in [3.8, 4) is 6.07 Å². The average molecular weight is 355 g/mol. The lowest BCUT2D eigenvalue weighted by Crippen LogP contribution is -1.94. The fraction of sp³-hybridized carbons (Fsp3) is 0. The van der Waals surface area contributed by atoms with E-state index in [0.29, 0.717) is 10.6 Å². The molecule has 0 fully saturated rings. The van der Waals surface area contributed by atoms with Crippen LogP contribution in [0.2, 0.25) is 5.02 Å². The Balaban J connectivity index is 2.37. The molecule has 0 atom stereocenters. The second kappa shape index (κ2) is 5.39. The first kappa shape index (κ1) is 12.2. The fourth-order valence-electron chi connectivity index (χ4n) is 1.46. The molecule has 4 heteroatoms. The number of benzene rings is 2. The fourth-order valence-corrected chi connectivity index (χ4v) is 2.22. The molecule has 0 bridgehead atoms. The van der Waals surface area contributed by atoms with Crippen LogP contribution in [0.25, 0.3) is 0 Å². The molecule has 0 heterocycles. The molecule has 0 aliphatic heterocycles. The minimum absolute atomic E-state index is 0.461. The lowest BCUT2D eigenvalue weighted by molar-refractivity contribution is 1.46. The van der Waals surface area contributed by atoms with E-state index in [9.17, 15) is 0 Å². The van der Waals surface area contributed by atoms with Gasteiger partial charge in [-0.05, 0) is 52.9 Å². The largest absolute Gasteiger partial charge is 0.354 e. The van der Waals surface area contributed by atoms with Crippen molar-refractivity contribution in [2.75, 3.05) is 5.32 Å². The van der Waals surface area contributed by atoms with Gasteiger partial charge in [-0.3, -0.25) is 0 Å². The number of hydrogen-bond donors (Lipinski definition) is 1. The zero-order valence-electron chi connectivity index (χ0n) is 8.74. The molecule has 84 valence electrons. The van der Waals surface area contributed by atoms with Crippen molar-refractivity contribution < 1.29 is 0 Å². The van der Waals surface area contributed by atoms with Crippen LogP contribution in [-0.4, -0.2) is 0 Å². The third-order valence-electron chi connectivity index (χ3n) is 2.23. The Morgan fingerprint density at radius 1 is 1.18 bits per heavy atom. The highest BCUT2D eigenvalue weighted by molar-refractivity contribution is 14.1. The van der Waals surface area contributed by atoms with Crippen molar-refractivity contribution >= 4 is 45.6 Å². The number of anilines is 2. The summed E-state index contributed by atoms with van der Waals surface area (Å²) in [6.45, 7) is 0. The molecule has 0 aromatic heterocycles. The maximum atomic E-state index is 9.06. The predicted molar refractivity (Wildman–Crippen MR) is 78.6 cm³/mol.